The molecule has 0 aliphatic rings. The number of hydrogen-bond acceptors (Lipinski definition) is 4. The number of phenolic OH excluding ortho intramolecular Hbond substituents is 1. The third-order valence-corrected chi connectivity index (χ3v) is 4.74. The molecule has 1 heterocycles. The van der Waals surface area contributed by atoms with Crippen LogP contribution >= 0.6 is 0 Å². The number of hydrogen-bond donors (Lipinski definition) is 2. The zero-order chi connectivity index (χ0) is 14.9. The van der Waals surface area contributed by atoms with Gasteiger partial charge in [-0.1, -0.05) is 12.1 Å². The van der Waals surface area contributed by atoms with Gasteiger partial charge in [0.25, 0.3) is 0 Å². The molecular formula is C13H17N3O3S. The van der Waals surface area contributed by atoms with Crippen LogP contribution in [0.5, 0.6) is 5.75 Å². The molecule has 0 amide bonds. The van der Waals surface area contributed by atoms with Gasteiger partial charge in [-0.05, 0) is 31.5 Å². The molecule has 0 aliphatic heterocycles. The van der Waals surface area contributed by atoms with Crippen LogP contribution < -0.4 is 4.72 Å². The molecule has 1 aromatic heterocycles. The molecule has 6 nitrogen and oxygen atoms in total. The van der Waals surface area contributed by atoms with E-state index in [0.717, 1.165) is 0 Å². The number of phenols is 1. The average Bonchev–Trinajstić information content (AvgIpc) is 2.61. The van der Waals surface area contributed by atoms with Crippen LogP contribution in [-0.4, -0.2) is 23.3 Å². The second-order valence-corrected chi connectivity index (χ2v) is 6.32. The Morgan fingerprint density at radius 1 is 1.35 bits per heavy atom. The molecule has 0 spiro atoms. The molecule has 20 heavy (non-hydrogen) atoms. The van der Waals surface area contributed by atoms with E-state index in [1.54, 1.807) is 33.0 Å². The summed E-state index contributed by atoms with van der Waals surface area (Å²) < 4.78 is 28.7. The van der Waals surface area contributed by atoms with E-state index >= 15 is 0 Å². The number of nitrogens with zero attached hydrogens (tertiary/aromatic N) is 2. The van der Waals surface area contributed by atoms with Crippen molar-refractivity contribution in [1.82, 2.24) is 14.5 Å². The first-order valence-electron chi connectivity index (χ1n) is 6.09. The van der Waals surface area contributed by atoms with Gasteiger partial charge in [0.2, 0.25) is 10.0 Å². The maximum absolute atomic E-state index is 12.3. The van der Waals surface area contributed by atoms with Crippen LogP contribution in [0.4, 0.5) is 0 Å². The molecule has 0 fully saturated rings. The van der Waals surface area contributed by atoms with Crippen LogP contribution in [-0.2, 0) is 23.6 Å². The maximum atomic E-state index is 12.3. The lowest BCUT2D eigenvalue weighted by molar-refractivity contribution is 0.474. The van der Waals surface area contributed by atoms with Crippen LogP contribution in [0.15, 0.2) is 29.2 Å². The largest absolute Gasteiger partial charge is 0.508 e. The smallest absolute Gasteiger partial charge is 0.244 e. The Hall–Kier alpha value is -1.86. The van der Waals surface area contributed by atoms with E-state index in [1.807, 2.05) is 0 Å². The number of rotatable bonds is 4. The predicted molar refractivity (Wildman–Crippen MR) is 74.8 cm³/mol. The second-order valence-electron chi connectivity index (χ2n) is 4.62. The first-order chi connectivity index (χ1) is 9.31. The highest BCUT2D eigenvalue weighted by atomic mass is 32.2. The van der Waals surface area contributed by atoms with Crippen LogP contribution in [0.2, 0.25) is 0 Å². The van der Waals surface area contributed by atoms with Crippen molar-refractivity contribution in [2.24, 2.45) is 7.05 Å². The minimum absolute atomic E-state index is 0.107. The summed E-state index contributed by atoms with van der Waals surface area (Å²) in [6.07, 6.45) is 0. The van der Waals surface area contributed by atoms with Crippen molar-refractivity contribution in [3.8, 4) is 5.75 Å². The van der Waals surface area contributed by atoms with Gasteiger partial charge in [0, 0.05) is 13.6 Å². The Balaban J connectivity index is 2.24. The first kappa shape index (κ1) is 14.5. The summed E-state index contributed by atoms with van der Waals surface area (Å²) >= 11 is 0. The Morgan fingerprint density at radius 3 is 2.60 bits per heavy atom. The Bertz CT molecular complexity index is 735. The van der Waals surface area contributed by atoms with E-state index in [1.165, 1.54) is 16.8 Å². The normalized spacial score (nSPS) is 11.8. The molecule has 0 radical (unpaired) electrons. The van der Waals surface area contributed by atoms with Crippen molar-refractivity contribution < 1.29 is 13.5 Å². The Labute approximate surface area is 118 Å². The van der Waals surface area contributed by atoms with E-state index in [9.17, 15) is 13.5 Å². The average molecular weight is 295 g/mol. The lowest BCUT2D eigenvalue weighted by atomic mass is 10.2. The molecular weight excluding hydrogens is 278 g/mol. The number of nitrogens with one attached hydrogen (secondary N) is 1. The predicted octanol–water partition coefficient (Wildman–Crippen LogP) is 1.22. The molecule has 0 saturated carbocycles. The summed E-state index contributed by atoms with van der Waals surface area (Å²) in [7, 11) is -1.92. The molecule has 7 heteroatoms. The summed E-state index contributed by atoms with van der Waals surface area (Å²) in [5.74, 6) is 0.107. The number of aryl methyl sites for hydroxylation is 2. The van der Waals surface area contributed by atoms with Crippen LogP contribution in [0.3, 0.4) is 0 Å². The zero-order valence-electron chi connectivity index (χ0n) is 11.6. The first-order valence-corrected chi connectivity index (χ1v) is 7.57. The maximum Gasteiger partial charge on any atom is 0.244 e. The van der Waals surface area contributed by atoms with Gasteiger partial charge in [-0.2, -0.15) is 5.10 Å². The van der Waals surface area contributed by atoms with Crippen molar-refractivity contribution >= 4 is 10.0 Å². The molecule has 0 bridgehead atoms. The molecule has 2 rings (SSSR count). The van der Waals surface area contributed by atoms with Crippen molar-refractivity contribution in [2.75, 3.05) is 0 Å². The van der Waals surface area contributed by atoms with Crippen molar-refractivity contribution in [3.05, 3.63) is 41.2 Å². The third-order valence-electron chi connectivity index (χ3n) is 3.09. The zero-order valence-corrected chi connectivity index (χ0v) is 12.4. The summed E-state index contributed by atoms with van der Waals surface area (Å²) in [5.41, 5.74) is 1.74. The fourth-order valence-corrected chi connectivity index (χ4v) is 3.51. The van der Waals surface area contributed by atoms with Crippen LogP contribution in [0.25, 0.3) is 0 Å². The highest BCUT2D eigenvalue weighted by Gasteiger charge is 2.23. The Kier molecular flexibility index (Phi) is 3.82. The van der Waals surface area contributed by atoms with Crippen LogP contribution in [0.1, 0.15) is 17.0 Å². The van der Waals surface area contributed by atoms with Gasteiger partial charge in [0.15, 0.2) is 0 Å². The molecule has 0 aliphatic carbocycles. The lowest BCUT2D eigenvalue weighted by Gasteiger charge is -2.07. The highest BCUT2D eigenvalue weighted by molar-refractivity contribution is 7.89. The second kappa shape index (κ2) is 5.26. The standard InChI is InChI=1S/C13H17N3O3S/c1-9-13(10(2)16(3)15-9)20(18,19)14-8-11-5-4-6-12(17)7-11/h4-7,14,17H,8H2,1-3H3. The third kappa shape index (κ3) is 2.83. The Morgan fingerprint density at radius 2 is 2.05 bits per heavy atom. The SMILES string of the molecule is Cc1nn(C)c(C)c1S(=O)(=O)NCc1cccc(O)c1. The topological polar surface area (TPSA) is 84.2 Å². The molecule has 0 saturated heterocycles. The number of benzene rings is 1. The van der Waals surface area contributed by atoms with Gasteiger partial charge in [-0.15, -0.1) is 0 Å². The van der Waals surface area contributed by atoms with E-state index in [4.69, 9.17) is 0 Å². The van der Waals surface area contributed by atoms with Crippen LogP contribution in [0, 0.1) is 13.8 Å². The van der Waals surface area contributed by atoms with Gasteiger partial charge in [-0.25, -0.2) is 13.1 Å². The van der Waals surface area contributed by atoms with Crippen molar-refractivity contribution in [1.29, 1.82) is 0 Å². The summed E-state index contributed by atoms with van der Waals surface area (Å²) in [5, 5.41) is 13.5. The minimum atomic E-state index is -3.63. The van der Waals surface area contributed by atoms with E-state index < -0.39 is 10.0 Å². The molecule has 2 N–H and O–H groups in total. The number of aromatic hydroxyl groups is 1. The molecule has 0 atom stereocenters. The molecule has 1 aromatic carbocycles. The minimum Gasteiger partial charge on any atom is -0.508 e. The van der Waals surface area contributed by atoms with Gasteiger partial charge < -0.3 is 5.11 Å². The summed E-state index contributed by atoms with van der Waals surface area (Å²) in [6, 6.07) is 6.46. The van der Waals surface area contributed by atoms with E-state index in [0.29, 0.717) is 17.0 Å². The fourth-order valence-electron chi connectivity index (χ4n) is 2.06. The van der Waals surface area contributed by atoms with Gasteiger partial charge in [0.1, 0.15) is 10.6 Å². The molecule has 2 aromatic rings. The van der Waals surface area contributed by atoms with E-state index in [2.05, 4.69) is 9.82 Å². The summed E-state index contributed by atoms with van der Waals surface area (Å²) in [6.45, 7) is 3.49. The van der Waals surface area contributed by atoms with Gasteiger partial charge >= 0.3 is 0 Å². The quantitative estimate of drug-likeness (QED) is 0.888. The fraction of sp³-hybridized carbons (Fsp3) is 0.308. The molecule has 0 unspecified atom stereocenters. The number of sulfonamides is 1. The molecule has 108 valence electrons. The van der Waals surface area contributed by atoms with Gasteiger partial charge in [-0.3, -0.25) is 4.68 Å². The monoisotopic (exact) mass is 295 g/mol. The highest BCUT2D eigenvalue weighted by Crippen LogP contribution is 2.19. The summed E-state index contributed by atoms with van der Waals surface area (Å²) in [4.78, 5) is 0.208. The lowest BCUT2D eigenvalue weighted by Crippen LogP contribution is -2.24. The van der Waals surface area contributed by atoms with Crippen molar-refractivity contribution in [2.45, 2.75) is 25.3 Å². The van der Waals surface area contributed by atoms with Crippen molar-refractivity contribution in [3.63, 3.8) is 0 Å². The number of aromatic nitrogens is 2. The van der Waals surface area contributed by atoms with Gasteiger partial charge in [0.05, 0.1) is 11.4 Å². The van der Waals surface area contributed by atoms with E-state index in [-0.39, 0.29) is 17.2 Å².